The van der Waals surface area contributed by atoms with E-state index in [9.17, 15) is 0 Å². The maximum absolute atomic E-state index is 3.76. The van der Waals surface area contributed by atoms with Crippen LogP contribution < -0.4 is 10.2 Å². The average Bonchev–Trinajstić information content (AvgIpc) is 2.45. The maximum Gasteiger partial charge on any atom is 0.0506 e. The van der Waals surface area contributed by atoms with E-state index in [0.29, 0.717) is 0 Å². The fourth-order valence-corrected chi connectivity index (χ4v) is 4.62. The summed E-state index contributed by atoms with van der Waals surface area (Å²) in [6.45, 7) is 3.43. The Morgan fingerprint density at radius 3 is 2.55 bits per heavy atom. The van der Waals surface area contributed by atoms with Crippen LogP contribution in [0.5, 0.6) is 0 Å². The van der Waals surface area contributed by atoms with Crippen LogP contribution in [-0.4, -0.2) is 24.7 Å². The summed E-state index contributed by atoms with van der Waals surface area (Å²) >= 11 is 2.49. The van der Waals surface area contributed by atoms with Gasteiger partial charge in [-0.25, -0.2) is 0 Å². The summed E-state index contributed by atoms with van der Waals surface area (Å²) in [6, 6.07) is 11.1. The zero-order valence-electron chi connectivity index (χ0n) is 12.3. The Morgan fingerprint density at radius 2 is 1.90 bits per heavy atom. The van der Waals surface area contributed by atoms with Crippen LogP contribution >= 0.6 is 22.6 Å². The molecule has 1 aromatic rings. The van der Waals surface area contributed by atoms with Gasteiger partial charge in [-0.15, -0.1) is 0 Å². The average molecular weight is 384 g/mol. The Labute approximate surface area is 136 Å². The van der Waals surface area contributed by atoms with Gasteiger partial charge in [0.25, 0.3) is 0 Å². The lowest BCUT2D eigenvalue weighted by molar-refractivity contribution is 0.245. The highest BCUT2D eigenvalue weighted by Crippen LogP contribution is 2.39. The number of hydrogen-bond donors (Lipinski definition) is 1. The molecule has 0 saturated carbocycles. The molecule has 1 N–H and O–H groups in total. The van der Waals surface area contributed by atoms with Gasteiger partial charge in [-0.2, -0.15) is 0 Å². The van der Waals surface area contributed by atoms with Crippen molar-refractivity contribution in [3.8, 4) is 0 Å². The molecule has 0 spiro atoms. The van der Waals surface area contributed by atoms with Gasteiger partial charge >= 0.3 is 0 Å². The first-order valence-electron chi connectivity index (χ1n) is 8.06. The molecular formula is C17H25IN2. The summed E-state index contributed by atoms with van der Waals surface area (Å²) < 4.78 is 1.40. The van der Waals surface area contributed by atoms with Crippen molar-refractivity contribution in [1.82, 2.24) is 5.32 Å². The fourth-order valence-electron chi connectivity index (χ4n) is 3.95. The minimum absolute atomic E-state index is 0.739. The van der Waals surface area contributed by atoms with Crippen molar-refractivity contribution < 1.29 is 0 Å². The molecule has 0 amide bonds. The summed E-state index contributed by atoms with van der Waals surface area (Å²) in [5.41, 5.74) is 1.47. The number of nitrogens with one attached hydrogen (secondary N) is 1. The number of hydrogen-bond acceptors (Lipinski definition) is 2. The Kier molecular flexibility index (Phi) is 4.87. The first-order valence-corrected chi connectivity index (χ1v) is 9.13. The third-order valence-corrected chi connectivity index (χ3v) is 5.70. The molecule has 0 aromatic heterocycles. The number of fused-ring (bicyclic) bond motifs is 2. The fraction of sp³-hybridized carbons (Fsp3) is 0.647. The summed E-state index contributed by atoms with van der Waals surface area (Å²) in [5.74, 6) is 0. The minimum atomic E-state index is 0.739. The lowest BCUT2D eigenvalue weighted by atomic mass is 9.81. The van der Waals surface area contributed by atoms with E-state index in [1.807, 2.05) is 0 Å². The largest absolute Gasteiger partial charge is 0.365 e. The van der Waals surface area contributed by atoms with Crippen LogP contribution in [0.15, 0.2) is 24.3 Å². The molecule has 3 rings (SSSR count). The van der Waals surface area contributed by atoms with Gasteiger partial charge in [0.15, 0.2) is 0 Å². The second-order valence-corrected chi connectivity index (χ2v) is 7.38. The van der Waals surface area contributed by atoms with E-state index in [-0.39, 0.29) is 0 Å². The molecule has 2 nitrogen and oxygen atoms in total. The Hall–Kier alpha value is -0.290. The summed E-state index contributed by atoms with van der Waals surface area (Å²) in [4.78, 5) is 2.75. The topological polar surface area (TPSA) is 15.3 Å². The summed E-state index contributed by atoms with van der Waals surface area (Å²) in [5, 5.41) is 3.76. The first-order chi connectivity index (χ1) is 9.79. The van der Waals surface area contributed by atoms with Gasteiger partial charge in [-0.05, 0) is 79.8 Å². The highest BCUT2D eigenvalue weighted by atomic mass is 127. The molecular weight excluding hydrogens is 359 g/mol. The summed E-state index contributed by atoms with van der Waals surface area (Å²) in [6.07, 6.45) is 8.03. The predicted octanol–water partition coefficient (Wildman–Crippen LogP) is 4.18. The van der Waals surface area contributed by atoms with Crippen molar-refractivity contribution in [1.29, 1.82) is 0 Å². The first kappa shape index (κ1) is 14.6. The number of rotatable bonds is 4. The number of halogens is 1. The minimum Gasteiger partial charge on any atom is -0.365 e. The van der Waals surface area contributed by atoms with Crippen LogP contribution in [0.2, 0.25) is 0 Å². The molecule has 2 fully saturated rings. The lowest BCUT2D eigenvalue weighted by Gasteiger charge is -2.50. The Bertz CT molecular complexity index is 434. The van der Waals surface area contributed by atoms with Crippen LogP contribution in [0.25, 0.3) is 0 Å². The maximum atomic E-state index is 3.76. The van der Waals surface area contributed by atoms with E-state index in [1.165, 1.54) is 54.3 Å². The number of benzene rings is 1. The molecule has 2 saturated heterocycles. The van der Waals surface area contributed by atoms with E-state index in [0.717, 1.165) is 18.1 Å². The van der Waals surface area contributed by atoms with Crippen molar-refractivity contribution in [2.24, 2.45) is 0 Å². The Balaban J connectivity index is 1.78. The smallest absolute Gasteiger partial charge is 0.0506 e. The van der Waals surface area contributed by atoms with E-state index >= 15 is 0 Å². The molecule has 2 aliphatic rings. The van der Waals surface area contributed by atoms with Crippen LogP contribution in [-0.2, 0) is 0 Å². The molecule has 2 heterocycles. The molecule has 2 bridgehead atoms. The normalized spacial score (nSPS) is 29.5. The molecule has 110 valence electrons. The molecule has 3 heteroatoms. The van der Waals surface area contributed by atoms with Crippen molar-refractivity contribution in [2.75, 3.05) is 11.4 Å². The third kappa shape index (κ3) is 2.98. The quantitative estimate of drug-likeness (QED) is 0.784. The van der Waals surface area contributed by atoms with Gasteiger partial charge in [-0.3, -0.25) is 0 Å². The van der Waals surface area contributed by atoms with Gasteiger partial charge in [0.1, 0.15) is 0 Å². The lowest BCUT2D eigenvalue weighted by Crippen LogP contribution is -2.56. The van der Waals surface area contributed by atoms with Crippen molar-refractivity contribution in [3.05, 3.63) is 27.8 Å². The molecule has 2 atom stereocenters. The molecule has 2 aliphatic heterocycles. The van der Waals surface area contributed by atoms with Gasteiger partial charge in [0, 0.05) is 21.7 Å². The zero-order valence-corrected chi connectivity index (χ0v) is 14.5. The molecule has 0 radical (unpaired) electrons. The molecule has 0 aliphatic carbocycles. The van der Waals surface area contributed by atoms with E-state index in [4.69, 9.17) is 0 Å². The van der Waals surface area contributed by atoms with Crippen LogP contribution in [0.3, 0.4) is 0 Å². The van der Waals surface area contributed by atoms with Gasteiger partial charge < -0.3 is 10.2 Å². The van der Waals surface area contributed by atoms with E-state index < -0.39 is 0 Å². The highest BCUT2D eigenvalue weighted by Gasteiger charge is 2.38. The Morgan fingerprint density at radius 1 is 1.20 bits per heavy atom. The monoisotopic (exact) mass is 384 g/mol. The van der Waals surface area contributed by atoms with Gasteiger partial charge in [0.05, 0.1) is 5.69 Å². The molecule has 20 heavy (non-hydrogen) atoms. The zero-order chi connectivity index (χ0) is 13.9. The number of anilines is 1. The van der Waals surface area contributed by atoms with Crippen LogP contribution in [0.4, 0.5) is 5.69 Å². The van der Waals surface area contributed by atoms with E-state index in [1.54, 1.807) is 0 Å². The molecule has 1 aromatic carbocycles. The van der Waals surface area contributed by atoms with Crippen molar-refractivity contribution in [2.45, 2.75) is 63.6 Å². The third-order valence-electron chi connectivity index (χ3n) is 4.79. The predicted molar refractivity (Wildman–Crippen MR) is 94.4 cm³/mol. The summed E-state index contributed by atoms with van der Waals surface area (Å²) in [7, 11) is 0. The number of para-hydroxylation sites is 1. The van der Waals surface area contributed by atoms with Gasteiger partial charge in [0.2, 0.25) is 0 Å². The highest BCUT2D eigenvalue weighted by molar-refractivity contribution is 14.1. The van der Waals surface area contributed by atoms with Crippen LogP contribution in [0, 0.1) is 3.57 Å². The standard InChI is InChI=1S/C17H25IN2/c1-2-10-19-13-11-14-6-5-7-15(12-13)20(14)17-9-4-3-8-16(17)18/h3-4,8-9,13-15,19H,2,5-7,10-12H2,1H3. The van der Waals surface area contributed by atoms with E-state index in [2.05, 4.69) is 64.0 Å². The second-order valence-electron chi connectivity index (χ2n) is 6.22. The SMILES string of the molecule is CCCNC1CC2CCCC(C1)N2c1ccccc1I. The van der Waals surface area contributed by atoms with Crippen molar-refractivity contribution in [3.63, 3.8) is 0 Å². The number of piperidine rings is 2. The second kappa shape index (κ2) is 6.65. The van der Waals surface area contributed by atoms with Crippen molar-refractivity contribution >= 4 is 28.3 Å². The molecule has 2 unspecified atom stereocenters. The van der Waals surface area contributed by atoms with Crippen LogP contribution in [0.1, 0.15) is 45.4 Å². The number of nitrogens with zero attached hydrogens (tertiary/aromatic N) is 1. The van der Waals surface area contributed by atoms with Gasteiger partial charge in [-0.1, -0.05) is 19.1 Å².